The number of para-hydroxylation sites is 1. The Morgan fingerprint density at radius 3 is 2.55 bits per heavy atom. The Hall–Kier alpha value is -3.68. The fraction of sp³-hybridized carbons (Fsp3) is 0.261. The van der Waals surface area contributed by atoms with E-state index in [9.17, 15) is 18.8 Å². The minimum absolute atomic E-state index is 0.137. The van der Waals surface area contributed by atoms with Gasteiger partial charge in [-0.25, -0.2) is 4.39 Å². The molecule has 0 radical (unpaired) electrons. The first-order valence-electron chi connectivity index (χ1n) is 10.1. The number of carbonyl (C=O) groups excluding carboxylic acids is 3. The SMILES string of the molecule is Cc1c(C(=O)NNC(=O)C2CCCN(C(=O)c3ccc(F)cc3)C2)oc2ccccc12. The van der Waals surface area contributed by atoms with Crippen LogP contribution in [0, 0.1) is 18.7 Å². The molecule has 3 amide bonds. The van der Waals surface area contributed by atoms with E-state index in [4.69, 9.17) is 4.42 Å². The molecule has 1 aliphatic rings. The van der Waals surface area contributed by atoms with Gasteiger partial charge in [-0.3, -0.25) is 25.2 Å². The third-order valence-electron chi connectivity index (χ3n) is 5.52. The smallest absolute Gasteiger partial charge is 0.305 e. The van der Waals surface area contributed by atoms with Crippen LogP contribution in [-0.4, -0.2) is 35.7 Å². The lowest BCUT2D eigenvalue weighted by molar-refractivity contribution is -0.127. The van der Waals surface area contributed by atoms with Gasteiger partial charge < -0.3 is 9.32 Å². The van der Waals surface area contributed by atoms with Gasteiger partial charge in [0.05, 0.1) is 5.92 Å². The summed E-state index contributed by atoms with van der Waals surface area (Å²) >= 11 is 0. The van der Waals surface area contributed by atoms with Gasteiger partial charge in [-0.2, -0.15) is 0 Å². The quantitative estimate of drug-likeness (QED) is 0.633. The molecule has 31 heavy (non-hydrogen) atoms. The fourth-order valence-corrected chi connectivity index (χ4v) is 3.82. The molecule has 2 aromatic carbocycles. The Morgan fingerprint density at radius 1 is 1.06 bits per heavy atom. The van der Waals surface area contributed by atoms with E-state index in [1.165, 1.54) is 24.3 Å². The first-order chi connectivity index (χ1) is 14.9. The number of furan rings is 1. The van der Waals surface area contributed by atoms with E-state index in [2.05, 4.69) is 10.9 Å². The van der Waals surface area contributed by atoms with Gasteiger partial charge >= 0.3 is 5.91 Å². The number of benzene rings is 2. The molecule has 160 valence electrons. The predicted molar refractivity (Wildman–Crippen MR) is 112 cm³/mol. The van der Waals surface area contributed by atoms with E-state index in [0.717, 1.165) is 5.39 Å². The second-order valence-electron chi connectivity index (χ2n) is 7.59. The number of aryl methyl sites for hydroxylation is 1. The van der Waals surface area contributed by atoms with Crippen LogP contribution in [0.25, 0.3) is 11.0 Å². The molecular formula is C23H22FN3O4. The highest BCUT2D eigenvalue weighted by Crippen LogP contribution is 2.24. The van der Waals surface area contributed by atoms with Crippen LogP contribution in [0.15, 0.2) is 52.9 Å². The molecule has 2 N–H and O–H groups in total. The van der Waals surface area contributed by atoms with Gasteiger partial charge in [-0.15, -0.1) is 0 Å². The van der Waals surface area contributed by atoms with Crippen LogP contribution in [0.4, 0.5) is 4.39 Å². The summed E-state index contributed by atoms with van der Waals surface area (Å²) in [6, 6.07) is 12.6. The predicted octanol–water partition coefficient (Wildman–Crippen LogP) is 3.19. The van der Waals surface area contributed by atoms with Crippen LogP contribution in [0.3, 0.4) is 0 Å². The molecule has 1 aromatic heterocycles. The first-order valence-corrected chi connectivity index (χ1v) is 10.1. The van der Waals surface area contributed by atoms with Crippen LogP contribution in [0.1, 0.15) is 39.3 Å². The molecule has 0 aliphatic carbocycles. The van der Waals surface area contributed by atoms with Crippen molar-refractivity contribution in [2.75, 3.05) is 13.1 Å². The zero-order valence-corrected chi connectivity index (χ0v) is 17.0. The average Bonchev–Trinajstić information content (AvgIpc) is 3.14. The number of hydrazine groups is 1. The molecule has 8 heteroatoms. The molecule has 1 unspecified atom stereocenters. The van der Waals surface area contributed by atoms with Crippen LogP contribution >= 0.6 is 0 Å². The maximum Gasteiger partial charge on any atom is 0.305 e. The summed E-state index contributed by atoms with van der Waals surface area (Å²) in [6.07, 6.45) is 1.25. The Morgan fingerprint density at radius 2 is 1.81 bits per heavy atom. The Balaban J connectivity index is 1.36. The number of rotatable bonds is 3. The van der Waals surface area contributed by atoms with Crippen molar-refractivity contribution in [1.82, 2.24) is 15.8 Å². The monoisotopic (exact) mass is 423 g/mol. The number of nitrogens with zero attached hydrogens (tertiary/aromatic N) is 1. The largest absolute Gasteiger partial charge is 0.451 e. The number of carbonyl (C=O) groups is 3. The highest BCUT2D eigenvalue weighted by molar-refractivity contribution is 5.99. The zero-order valence-electron chi connectivity index (χ0n) is 17.0. The Bertz CT molecular complexity index is 1140. The fourth-order valence-electron chi connectivity index (χ4n) is 3.82. The van der Waals surface area contributed by atoms with Crippen LogP contribution in [0.2, 0.25) is 0 Å². The van der Waals surface area contributed by atoms with Crippen molar-refractivity contribution >= 4 is 28.7 Å². The lowest BCUT2D eigenvalue weighted by Gasteiger charge is -2.32. The second kappa shape index (κ2) is 8.59. The molecule has 0 saturated carbocycles. The number of piperidine rings is 1. The summed E-state index contributed by atoms with van der Waals surface area (Å²) in [7, 11) is 0. The standard InChI is InChI=1S/C23H22FN3O4/c1-14-18-6-2-3-7-19(18)31-20(14)22(29)26-25-21(28)16-5-4-12-27(13-16)23(30)15-8-10-17(24)11-9-15/h2-3,6-11,16H,4-5,12-13H2,1H3,(H,25,28)(H,26,29). The van der Waals surface area contributed by atoms with Crippen LogP contribution in [0.5, 0.6) is 0 Å². The summed E-state index contributed by atoms with van der Waals surface area (Å²) in [5.41, 5.74) is 6.50. The Labute approximate surface area is 178 Å². The summed E-state index contributed by atoms with van der Waals surface area (Å²) in [5.74, 6) is -1.91. The maximum absolute atomic E-state index is 13.1. The molecule has 1 fully saturated rings. The number of hydrogen-bond donors (Lipinski definition) is 2. The van der Waals surface area contributed by atoms with Crippen molar-refractivity contribution in [3.05, 3.63) is 71.2 Å². The number of likely N-dealkylation sites (tertiary alicyclic amines) is 1. The molecule has 4 rings (SSSR count). The van der Waals surface area contributed by atoms with E-state index in [1.807, 2.05) is 18.2 Å². The summed E-state index contributed by atoms with van der Waals surface area (Å²) < 4.78 is 18.7. The third-order valence-corrected chi connectivity index (χ3v) is 5.52. The summed E-state index contributed by atoms with van der Waals surface area (Å²) in [4.78, 5) is 39.3. The highest BCUT2D eigenvalue weighted by atomic mass is 19.1. The van der Waals surface area contributed by atoms with Crippen molar-refractivity contribution in [3.63, 3.8) is 0 Å². The van der Waals surface area contributed by atoms with Gasteiger partial charge in [0.25, 0.3) is 5.91 Å². The van der Waals surface area contributed by atoms with Gasteiger partial charge in [-0.1, -0.05) is 18.2 Å². The number of fused-ring (bicyclic) bond motifs is 1. The molecule has 1 saturated heterocycles. The minimum atomic E-state index is -0.544. The number of nitrogens with one attached hydrogen (secondary N) is 2. The molecular weight excluding hydrogens is 401 g/mol. The van der Waals surface area contributed by atoms with Crippen molar-refractivity contribution in [2.24, 2.45) is 5.92 Å². The van der Waals surface area contributed by atoms with Crippen LogP contribution < -0.4 is 10.9 Å². The van der Waals surface area contributed by atoms with Gasteiger partial charge in [0.1, 0.15) is 11.4 Å². The Kier molecular flexibility index (Phi) is 5.70. The van der Waals surface area contributed by atoms with Gasteiger partial charge in [0.15, 0.2) is 5.76 Å². The van der Waals surface area contributed by atoms with Gasteiger partial charge in [-0.05, 0) is 50.1 Å². The van der Waals surface area contributed by atoms with E-state index in [1.54, 1.807) is 17.9 Å². The zero-order chi connectivity index (χ0) is 22.0. The summed E-state index contributed by atoms with van der Waals surface area (Å²) in [6.45, 7) is 2.52. The normalized spacial score (nSPS) is 16.2. The number of hydrogen-bond acceptors (Lipinski definition) is 4. The van der Waals surface area contributed by atoms with E-state index in [0.29, 0.717) is 36.1 Å². The van der Waals surface area contributed by atoms with Crippen molar-refractivity contribution in [3.8, 4) is 0 Å². The second-order valence-corrected chi connectivity index (χ2v) is 7.59. The van der Waals surface area contributed by atoms with E-state index in [-0.39, 0.29) is 24.1 Å². The van der Waals surface area contributed by atoms with Crippen molar-refractivity contribution in [1.29, 1.82) is 0 Å². The topological polar surface area (TPSA) is 91.7 Å². The molecule has 1 aliphatic heterocycles. The number of amides is 3. The van der Waals surface area contributed by atoms with E-state index < -0.39 is 17.6 Å². The molecule has 7 nitrogen and oxygen atoms in total. The van der Waals surface area contributed by atoms with Crippen molar-refractivity contribution in [2.45, 2.75) is 19.8 Å². The maximum atomic E-state index is 13.1. The molecule has 2 heterocycles. The summed E-state index contributed by atoms with van der Waals surface area (Å²) in [5, 5.41) is 0.834. The van der Waals surface area contributed by atoms with Crippen LogP contribution in [-0.2, 0) is 4.79 Å². The average molecular weight is 423 g/mol. The van der Waals surface area contributed by atoms with Crippen molar-refractivity contribution < 1.29 is 23.2 Å². The minimum Gasteiger partial charge on any atom is -0.451 e. The lowest BCUT2D eigenvalue weighted by atomic mass is 9.96. The molecule has 0 spiro atoms. The van der Waals surface area contributed by atoms with Gasteiger partial charge in [0, 0.05) is 29.6 Å². The third kappa shape index (κ3) is 4.28. The van der Waals surface area contributed by atoms with E-state index >= 15 is 0 Å². The lowest BCUT2D eigenvalue weighted by Crippen LogP contribution is -2.50. The number of halogens is 1. The van der Waals surface area contributed by atoms with Gasteiger partial charge in [0.2, 0.25) is 5.91 Å². The molecule has 3 aromatic rings. The molecule has 1 atom stereocenters. The first kappa shape index (κ1) is 20.6. The highest BCUT2D eigenvalue weighted by Gasteiger charge is 2.29. The molecule has 0 bridgehead atoms.